The molecule has 0 aromatic heterocycles. The number of esters is 1. The van der Waals surface area contributed by atoms with Crippen molar-refractivity contribution in [1.29, 1.82) is 0 Å². The van der Waals surface area contributed by atoms with E-state index in [9.17, 15) is 9.59 Å². The summed E-state index contributed by atoms with van der Waals surface area (Å²) in [6.45, 7) is 1.78. The summed E-state index contributed by atoms with van der Waals surface area (Å²) in [5.41, 5.74) is 1.22. The van der Waals surface area contributed by atoms with Crippen molar-refractivity contribution in [1.82, 2.24) is 0 Å². The summed E-state index contributed by atoms with van der Waals surface area (Å²) in [5, 5.41) is 2.09. The number of hydrogen-bond acceptors (Lipinski definition) is 3. The van der Waals surface area contributed by atoms with Crippen LogP contribution in [0.2, 0.25) is 0 Å². The lowest BCUT2D eigenvalue weighted by Gasteiger charge is -2.15. The first-order chi connectivity index (χ1) is 11.2. The lowest BCUT2D eigenvalue weighted by atomic mass is 10.0. The van der Waals surface area contributed by atoms with Gasteiger partial charge in [-0.05, 0) is 23.3 Å². The molecular weight excluding hydrogens is 288 g/mol. The lowest BCUT2D eigenvalue weighted by Crippen LogP contribution is -2.19. The first-order valence-corrected chi connectivity index (χ1v) is 7.45. The van der Waals surface area contributed by atoms with Crippen LogP contribution < -0.4 is 0 Å². The van der Waals surface area contributed by atoms with Crippen molar-refractivity contribution in [3.63, 3.8) is 0 Å². The van der Waals surface area contributed by atoms with Gasteiger partial charge < -0.3 is 4.74 Å². The average Bonchev–Trinajstić information content (AvgIpc) is 2.61. The summed E-state index contributed by atoms with van der Waals surface area (Å²) < 4.78 is 5.37. The Labute approximate surface area is 134 Å². The van der Waals surface area contributed by atoms with Gasteiger partial charge in [-0.3, -0.25) is 4.79 Å². The Balaban J connectivity index is 1.82. The van der Waals surface area contributed by atoms with E-state index in [2.05, 4.69) is 0 Å². The minimum Gasteiger partial charge on any atom is -0.452 e. The third-order valence-electron chi connectivity index (χ3n) is 3.77. The Morgan fingerprint density at radius 3 is 2.26 bits per heavy atom. The van der Waals surface area contributed by atoms with E-state index in [0.717, 1.165) is 16.3 Å². The van der Waals surface area contributed by atoms with Crippen LogP contribution in [0, 0.1) is 0 Å². The van der Waals surface area contributed by atoms with Crippen molar-refractivity contribution in [2.45, 2.75) is 13.0 Å². The monoisotopic (exact) mass is 304 g/mol. The van der Waals surface area contributed by atoms with E-state index in [0.29, 0.717) is 5.56 Å². The van der Waals surface area contributed by atoms with Gasteiger partial charge in [0, 0.05) is 5.56 Å². The van der Waals surface area contributed by atoms with Crippen molar-refractivity contribution < 1.29 is 14.3 Å². The second-order valence-electron chi connectivity index (χ2n) is 5.31. The summed E-state index contributed by atoms with van der Waals surface area (Å²) in [7, 11) is 0. The molecule has 0 unspecified atom stereocenters. The van der Waals surface area contributed by atoms with Crippen LogP contribution in [0.15, 0.2) is 72.8 Å². The molecule has 0 bridgehead atoms. The summed E-state index contributed by atoms with van der Waals surface area (Å²) in [6.07, 6.45) is -0.499. The van der Waals surface area contributed by atoms with E-state index in [1.165, 1.54) is 0 Å². The smallest absolute Gasteiger partial charge is 0.380 e. The van der Waals surface area contributed by atoms with Gasteiger partial charge in [0.25, 0.3) is 5.78 Å². The Bertz CT molecular complexity index is 848. The number of ether oxygens (including phenoxy) is 1. The maximum Gasteiger partial charge on any atom is 0.380 e. The molecule has 0 saturated heterocycles. The van der Waals surface area contributed by atoms with Crippen LogP contribution >= 0.6 is 0 Å². The van der Waals surface area contributed by atoms with Crippen LogP contribution in [0.5, 0.6) is 0 Å². The van der Waals surface area contributed by atoms with E-state index >= 15 is 0 Å². The number of benzene rings is 3. The Morgan fingerprint density at radius 1 is 0.826 bits per heavy atom. The Morgan fingerprint density at radius 2 is 1.48 bits per heavy atom. The quantitative estimate of drug-likeness (QED) is 0.409. The molecule has 0 amide bonds. The molecule has 0 spiro atoms. The molecule has 0 saturated carbocycles. The molecule has 3 rings (SSSR count). The van der Waals surface area contributed by atoms with Gasteiger partial charge in [0.1, 0.15) is 6.10 Å². The van der Waals surface area contributed by atoms with E-state index in [4.69, 9.17) is 4.74 Å². The first-order valence-electron chi connectivity index (χ1n) is 7.45. The zero-order valence-electron chi connectivity index (χ0n) is 12.7. The largest absolute Gasteiger partial charge is 0.452 e. The van der Waals surface area contributed by atoms with Crippen LogP contribution in [0.1, 0.15) is 28.9 Å². The van der Waals surface area contributed by atoms with Gasteiger partial charge in [-0.25, -0.2) is 4.79 Å². The van der Waals surface area contributed by atoms with Crippen LogP contribution in [0.4, 0.5) is 0 Å². The van der Waals surface area contributed by atoms with Crippen molar-refractivity contribution in [3.05, 3.63) is 83.9 Å². The van der Waals surface area contributed by atoms with Gasteiger partial charge in [0.05, 0.1) is 0 Å². The highest BCUT2D eigenvalue weighted by Gasteiger charge is 2.21. The number of ketones is 1. The van der Waals surface area contributed by atoms with Crippen molar-refractivity contribution in [2.24, 2.45) is 0 Å². The second-order valence-corrected chi connectivity index (χ2v) is 5.31. The van der Waals surface area contributed by atoms with Crippen molar-refractivity contribution in [2.75, 3.05) is 0 Å². The van der Waals surface area contributed by atoms with E-state index in [-0.39, 0.29) is 0 Å². The average molecular weight is 304 g/mol. The van der Waals surface area contributed by atoms with Gasteiger partial charge >= 0.3 is 5.97 Å². The Kier molecular flexibility index (Phi) is 4.20. The normalized spacial score (nSPS) is 11.9. The van der Waals surface area contributed by atoms with Crippen LogP contribution in [-0.2, 0) is 9.53 Å². The van der Waals surface area contributed by atoms with Crippen LogP contribution in [-0.4, -0.2) is 11.8 Å². The zero-order chi connectivity index (χ0) is 16.2. The molecule has 3 heteroatoms. The molecule has 0 fully saturated rings. The van der Waals surface area contributed by atoms with Gasteiger partial charge in [-0.15, -0.1) is 0 Å². The maximum atomic E-state index is 12.1. The molecule has 0 heterocycles. The van der Waals surface area contributed by atoms with Gasteiger partial charge in [0.2, 0.25) is 0 Å². The number of fused-ring (bicyclic) bond motifs is 1. The minimum absolute atomic E-state index is 0.336. The van der Waals surface area contributed by atoms with E-state index in [1.54, 1.807) is 37.3 Å². The van der Waals surface area contributed by atoms with Crippen molar-refractivity contribution in [3.8, 4) is 0 Å². The lowest BCUT2D eigenvalue weighted by molar-refractivity contribution is -0.142. The van der Waals surface area contributed by atoms with Crippen molar-refractivity contribution >= 4 is 22.5 Å². The molecular formula is C20H16O3. The molecule has 0 aliphatic rings. The third kappa shape index (κ3) is 3.14. The predicted molar refractivity (Wildman–Crippen MR) is 89.2 cm³/mol. The summed E-state index contributed by atoms with van der Waals surface area (Å²) >= 11 is 0. The predicted octanol–water partition coefficient (Wildman–Crippen LogP) is 4.33. The topological polar surface area (TPSA) is 43.4 Å². The van der Waals surface area contributed by atoms with Gasteiger partial charge in [-0.1, -0.05) is 72.8 Å². The number of rotatable bonds is 4. The molecule has 114 valence electrons. The maximum absolute atomic E-state index is 12.1. The highest BCUT2D eigenvalue weighted by molar-refractivity contribution is 6.40. The fraction of sp³-hybridized carbons (Fsp3) is 0.100. The standard InChI is InChI=1S/C20H16O3/c1-14(17-13-7-11-15-8-5-6-12-18(15)17)23-20(22)19(21)16-9-3-2-4-10-16/h2-14H,1H3/t14-/m0/s1. The molecule has 1 atom stereocenters. The molecule has 3 aromatic rings. The fourth-order valence-corrected chi connectivity index (χ4v) is 2.59. The molecule has 0 N–H and O–H groups in total. The molecule has 0 aliphatic carbocycles. The fourth-order valence-electron chi connectivity index (χ4n) is 2.59. The second kappa shape index (κ2) is 6.44. The number of carbonyl (C=O) groups excluding carboxylic acids is 2. The summed E-state index contributed by atoms with van der Waals surface area (Å²) in [5.74, 6) is -1.46. The molecule has 23 heavy (non-hydrogen) atoms. The van der Waals surface area contributed by atoms with E-state index in [1.807, 2.05) is 42.5 Å². The highest BCUT2D eigenvalue weighted by Crippen LogP contribution is 2.26. The molecule has 0 radical (unpaired) electrons. The van der Waals surface area contributed by atoms with Gasteiger partial charge in [-0.2, -0.15) is 0 Å². The van der Waals surface area contributed by atoms with Crippen LogP contribution in [0.3, 0.4) is 0 Å². The molecule has 3 nitrogen and oxygen atoms in total. The molecule has 0 aliphatic heterocycles. The third-order valence-corrected chi connectivity index (χ3v) is 3.77. The van der Waals surface area contributed by atoms with Gasteiger partial charge in [0.15, 0.2) is 0 Å². The summed E-state index contributed by atoms with van der Waals surface area (Å²) in [4.78, 5) is 24.2. The Hall–Kier alpha value is -2.94. The number of Topliss-reactive ketones (excluding diaryl/α,β-unsaturated/α-hetero) is 1. The highest BCUT2D eigenvalue weighted by atomic mass is 16.5. The number of hydrogen-bond donors (Lipinski definition) is 0. The SMILES string of the molecule is C[C@H](OC(=O)C(=O)c1ccccc1)c1cccc2ccccc12. The summed E-state index contributed by atoms with van der Waals surface area (Å²) in [6, 6.07) is 22.1. The van der Waals surface area contributed by atoms with Crippen LogP contribution in [0.25, 0.3) is 10.8 Å². The minimum atomic E-state index is -0.836. The zero-order valence-corrected chi connectivity index (χ0v) is 12.7. The first kappa shape index (κ1) is 15.0. The van der Waals surface area contributed by atoms with E-state index < -0.39 is 17.9 Å². The number of carbonyl (C=O) groups is 2. The molecule has 3 aromatic carbocycles.